The fourth-order valence-corrected chi connectivity index (χ4v) is 3.81. The van der Waals surface area contributed by atoms with Gasteiger partial charge in [-0.2, -0.15) is 18.2 Å². The zero-order chi connectivity index (χ0) is 25.2. The van der Waals surface area contributed by atoms with Crippen LogP contribution in [0.1, 0.15) is 24.4 Å². The Balaban J connectivity index is 1.32. The second-order valence-electron chi connectivity index (χ2n) is 8.20. The van der Waals surface area contributed by atoms with Crippen molar-refractivity contribution in [3.05, 3.63) is 65.6 Å². The van der Waals surface area contributed by atoms with Crippen LogP contribution in [-0.4, -0.2) is 58.6 Å². The van der Waals surface area contributed by atoms with Crippen molar-refractivity contribution in [1.82, 2.24) is 19.9 Å². The average molecular weight is 495 g/mol. The monoisotopic (exact) mass is 495 g/mol. The molecule has 35 heavy (non-hydrogen) atoms. The SMILES string of the molecule is C[C@H](c1nc(-c2cccc(C(F)(F)F)c2)no1)N1CCN(CC(=O)Nc2cc(F)ccc2F)CC1. The zero-order valence-corrected chi connectivity index (χ0v) is 18.6. The Hall–Kier alpha value is -3.38. The van der Waals surface area contributed by atoms with E-state index in [0.717, 1.165) is 30.3 Å². The first-order valence-corrected chi connectivity index (χ1v) is 10.8. The van der Waals surface area contributed by atoms with E-state index in [4.69, 9.17) is 4.52 Å². The van der Waals surface area contributed by atoms with Crippen molar-refractivity contribution in [2.75, 3.05) is 38.0 Å². The van der Waals surface area contributed by atoms with E-state index in [1.54, 1.807) is 0 Å². The molecule has 3 aromatic rings. The van der Waals surface area contributed by atoms with E-state index in [2.05, 4.69) is 15.5 Å². The van der Waals surface area contributed by atoms with Crippen molar-refractivity contribution in [3.63, 3.8) is 0 Å². The summed E-state index contributed by atoms with van der Waals surface area (Å²) < 4.78 is 71.3. The maximum atomic E-state index is 13.7. The number of aromatic nitrogens is 2. The van der Waals surface area contributed by atoms with Gasteiger partial charge in [0, 0.05) is 37.8 Å². The largest absolute Gasteiger partial charge is 0.416 e. The van der Waals surface area contributed by atoms with Crippen LogP contribution in [0.25, 0.3) is 11.4 Å². The molecule has 1 amide bonds. The van der Waals surface area contributed by atoms with Gasteiger partial charge in [-0.05, 0) is 31.2 Å². The van der Waals surface area contributed by atoms with Crippen LogP contribution in [0.4, 0.5) is 27.6 Å². The number of nitrogens with zero attached hydrogens (tertiary/aromatic N) is 4. The highest BCUT2D eigenvalue weighted by atomic mass is 19.4. The van der Waals surface area contributed by atoms with Gasteiger partial charge >= 0.3 is 6.18 Å². The average Bonchev–Trinajstić information content (AvgIpc) is 3.31. The van der Waals surface area contributed by atoms with Crippen LogP contribution in [0.15, 0.2) is 47.0 Å². The minimum atomic E-state index is -4.47. The normalized spacial score (nSPS) is 16.3. The standard InChI is InChI=1S/C23H22F5N5O2/c1-14(22-30-21(31-35-22)15-3-2-4-16(11-15)23(26,27)28)33-9-7-32(8-10-33)13-20(34)29-19-12-17(24)5-6-18(19)25/h2-6,11-12,14H,7-10,13H2,1H3,(H,29,34)/t14-/m1/s1. The Kier molecular flexibility index (Phi) is 7.13. The van der Waals surface area contributed by atoms with Gasteiger partial charge in [0.1, 0.15) is 11.6 Å². The van der Waals surface area contributed by atoms with Gasteiger partial charge in [0.15, 0.2) is 0 Å². The number of benzene rings is 2. The summed E-state index contributed by atoms with van der Waals surface area (Å²) in [6.45, 7) is 4.03. The third kappa shape index (κ3) is 6.01. The number of amides is 1. The molecule has 0 aliphatic carbocycles. The van der Waals surface area contributed by atoms with E-state index in [-0.39, 0.29) is 35.6 Å². The number of hydrogen-bond acceptors (Lipinski definition) is 6. The second kappa shape index (κ2) is 10.1. The summed E-state index contributed by atoms with van der Waals surface area (Å²) in [5.74, 6) is -1.49. The third-order valence-electron chi connectivity index (χ3n) is 5.77. The molecule has 4 rings (SSSR count). The van der Waals surface area contributed by atoms with Crippen LogP contribution >= 0.6 is 0 Å². The number of carbonyl (C=O) groups is 1. The molecule has 2 heterocycles. The van der Waals surface area contributed by atoms with E-state index in [0.29, 0.717) is 26.2 Å². The van der Waals surface area contributed by atoms with E-state index in [9.17, 15) is 26.7 Å². The lowest BCUT2D eigenvalue weighted by Gasteiger charge is -2.36. The summed E-state index contributed by atoms with van der Waals surface area (Å²) in [5.41, 5.74) is -0.808. The Labute approximate surface area is 197 Å². The second-order valence-corrected chi connectivity index (χ2v) is 8.20. The first-order valence-electron chi connectivity index (χ1n) is 10.8. The molecule has 1 aromatic heterocycles. The molecule has 1 saturated heterocycles. The van der Waals surface area contributed by atoms with Gasteiger partial charge in [-0.1, -0.05) is 17.3 Å². The molecule has 1 aliphatic heterocycles. The Morgan fingerprint density at radius 3 is 2.57 bits per heavy atom. The molecule has 0 saturated carbocycles. The molecule has 2 aromatic carbocycles. The summed E-state index contributed by atoms with van der Waals surface area (Å²) in [6, 6.07) is 7.26. The van der Waals surface area contributed by atoms with E-state index < -0.39 is 29.3 Å². The van der Waals surface area contributed by atoms with E-state index in [1.165, 1.54) is 12.1 Å². The summed E-state index contributed by atoms with van der Waals surface area (Å²) >= 11 is 0. The molecule has 1 aliphatic rings. The summed E-state index contributed by atoms with van der Waals surface area (Å²) in [6.07, 6.45) is -4.47. The maximum Gasteiger partial charge on any atom is 0.416 e. The molecular weight excluding hydrogens is 473 g/mol. The summed E-state index contributed by atoms with van der Waals surface area (Å²) in [5, 5.41) is 6.21. The predicted octanol–water partition coefficient (Wildman–Crippen LogP) is 4.35. The highest BCUT2D eigenvalue weighted by Crippen LogP contribution is 2.32. The number of rotatable bonds is 6. The van der Waals surface area contributed by atoms with Crippen molar-refractivity contribution in [1.29, 1.82) is 0 Å². The lowest BCUT2D eigenvalue weighted by molar-refractivity contribution is -0.137. The fourth-order valence-electron chi connectivity index (χ4n) is 3.81. The van der Waals surface area contributed by atoms with Crippen molar-refractivity contribution in [3.8, 4) is 11.4 Å². The quantitative estimate of drug-likeness (QED) is 0.513. The van der Waals surface area contributed by atoms with Gasteiger partial charge in [0.2, 0.25) is 17.6 Å². The minimum Gasteiger partial charge on any atom is -0.337 e. The van der Waals surface area contributed by atoms with Gasteiger partial charge < -0.3 is 9.84 Å². The summed E-state index contributed by atoms with van der Waals surface area (Å²) in [4.78, 5) is 20.4. The van der Waals surface area contributed by atoms with Gasteiger partial charge in [0.05, 0.1) is 23.8 Å². The van der Waals surface area contributed by atoms with Crippen molar-refractivity contribution < 1.29 is 31.3 Å². The first-order chi connectivity index (χ1) is 16.6. The van der Waals surface area contributed by atoms with Gasteiger partial charge in [-0.15, -0.1) is 0 Å². The molecule has 0 spiro atoms. The lowest BCUT2D eigenvalue weighted by atomic mass is 10.1. The van der Waals surface area contributed by atoms with Crippen LogP contribution in [0.5, 0.6) is 0 Å². The van der Waals surface area contributed by atoms with Crippen molar-refractivity contribution in [2.24, 2.45) is 0 Å². The van der Waals surface area contributed by atoms with Crippen LogP contribution < -0.4 is 5.32 Å². The molecule has 0 radical (unpaired) electrons. The van der Waals surface area contributed by atoms with Gasteiger partial charge in [-0.25, -0.2) is 8.78 Å². The Morgan fingerprint density at radius 1 is 1.11 bits per heavy atom. The molecule has 12 heteroatoms. The summed E-state index contributed by atoms with van der Waals surface area (Å²) in [7, 11) is 0. The molecule has 186 valence electrons. The number of piperazine rings is 1. The Bertz CT molecular complexity index is 1190. The number of nitrogens with one attached hydrogen (secondary N) is 1. The third-order valence-corrected chi connectivity index (χ3v) is 5.77. The Morgan fingerprint density at radius 2 is 1.86 bits per heavy atom. The lowest BCUT2D eigenvalue weighted by Crippen LogP contribution is -2.49. The molecule has 7 nitrogen and oxygen atoms in total. The molecule has 1 fully saturated rings. The van der Waals surface area contributed by atoms with Crippen LogP contribution in [0.2, 0.25) is 0 Å². The fraction of sp³-hybridized carbons (Fsp3) is 0.348. The molecule has 1 atom stereocenters. The topological polar surface area (TPSA) is 74.5 Å². The van der Waals surface area contributed by atoms with Crippen LogP contribution in [0.3, 0.4) is 0 Å². The number of carbonyl (C=O) groups excluding carboxylic acids is 1. The molecule has 1 N–H and O–H groups in total. The number of halogens is 5. The van der Waals surface area contributed by atoms with E-state index in [1.807, 2.05) is 16.7 Å². The maximum absolute atomic E-state index is 13.7. The minimum absolute atomic E-state index is 0.0123. The first kappa shape index (κ1) is 24.7. The van der Waals surface area contributed by atoms with E-state index >= 15 is 0 Å². The smallest absolute Gasteiger partial charge is 0.337 e. The van der Waals surface area contributed by atoms with Crippen LogP contribution in [0, 0.1) is 11.6 Å². The van der Waals surface area contributed by atoms with Crippen molar-refractivity contribution in [2.45, 2.75) is 19.1 Å². The highest BCUT2D eigenvalue weighted by molar-refractivity contribution is 5.92. The number of alkyl halides is 3. The van der Waals surface area contributed by atoms with Gasteiger partial charge in [0.25, 0.3) is 0 Å². The van der Waals surface area contributed by atoms with Crippen molar-refractivity contribution >= 4 is 11.6 Å². The molecule has 0 unspecified atom stereocenters. The highest BCUT2D eigenvalue weighted by Gasteiger charge is 2.31. The number of hydrogen-bond donors (Lipinski definition) is 1. The zero-order valence-electron chi connectivity index (χ0n) is 18.6. The molecular formula is C23H22F5N5O2. The van der Waals surface area contributed by atoms with Gasteiger partial charge in [-0.3, -0.25) is 14.6 Å². The number of anilines is 1. The predicted molar refractivity (Wildman–Crippen MR) is 116 cm³/mol. The van der Waals surface area contributed by atoms with Crippen LogP contribution in [-0.2, 0) is 11.0 Å². The molecule has 0 bridgehead atoms.